The maximum atomic E-state index is 12.3. The Labute approximate surface area is 253 Å². The van der Waals surface area contributed by atoms with Gasteiger partial charge in [-0.05, 0) is 61.2 Å². The van der Waals surface area contributed by atoms with Crippen molar-refractivity contribution in [3.63, 3.8) is 0 Å². The first-order valence-corrected chi connectivity index (χ1v) is 17.2. The third-order valence-corrected chi connectivity index (χ3v) is 10.6. The molecule has 9 nitrogen and oxygen atoms in total. The summed E-state index contributed by atoms with van der Waals surface area (Å²) in [6.07, 6.45) is 4.97. The molecular formula is C30H50O9S2. The third kappa shape index (κ3) is 10.6. The lowest BCUT2D eigenvalue weighted by molar-refractivity contribution is -0.185. The standard InChI is InChI=1S/C16H26O5S.C14H24O4S/c1-9(2)12-6-5-10(3)7-13(12)20-15(18)16-21-14(8-22-16)19-11(4)17;1-8(2)10-5-4-9(3)6-11(10)17-13(16)14-18-12(15)7-19-14/h9-10,12-14,16H,5-8H2,1-4H3;8-12,14-15H,4-7H2,1-3H3/t10-,12+,13-,14-,16+;9-,10+,11-,12-,14+/m11/s1. The van der Waals surface area contributed by atoms with Gasteiger partial charge in [0.2, 0.25) is 17.2 Å². The minimum atomic E-state index is -0.839. The Bertz CT molecular complexity index is 869. The highest BCUT2D eigenvalue weighted by molar-refractivity contribution is 8.00. The molecule has 2 aliphatic carbocycles. The number of thioether (sulfide) groups is 2. The van der Waals surface area contributed by atoms with E-state index >= 15 is 0 Å². The van der Waals surface area contributed by atoms with Crippen LogP contribution < -0.4 is 0 Å². The van der Waals surface area contributed by atoms with Gasteiger partial charge in [0.15, 0.2) is 6.29 Å². The van der Waals surface area contributed by atoms with Crippen LogP contribution in [0.25, 0.3) is 0 Å². The molecule has 4 aliphatic rings. The van der Waals surface area contributed by atoms with Gasteiger partial charge < -0.3 is 28.8 Å². The second-order valence-corrected chi connectivity index (χ2v) is 14.9. The van der Waals surface area contributed by atoms with Crippen molar-refractivity contribution < 1.29 is 43.2 Å². The van der Waals surface area contributed by atoms with Crippen LogP contribution in [0.2, 0.25) is 0 Å². The highest BCUT2D eigenvalue weighted by Crippen LogP contribution is 2.38. The molecule has 2 saturated carbocycles. The first-order valence-electron chi connectivity index (χ1n) is 15.1. The Morgan fingerprint density at radius 2 is 1.20 bits per heavy atom. The van der Waals surface area contributed by atoms with Gasteiger partial charge in [0.1, 0.15) is 12.2 Å². The number of carbonyl (C=O) groups is 3. The van der Waals surface area contributed by atoms with Gasteiger partial charge in [-0.25, -0.2) is 9.59 Å². The van der Waals surface area contributed by atoms with Gasteiger partial charge in [-0.15, -0.1) is 23.5 Å². The van der Waals surface area contributed by atoms with Gasteiger partial charge >= 0.3 is 17.9 Å². The molecule has 0 unspecified atom stereocenters. The predicted molar refractivity (Wildman–Crippen MR) is 159 cm³/mol. The highest BCUT2D eigenvalue weighted by atomic mass is 32.2. The van der Waals surface area contributed by atoms with Crippen LogP contribution in [0.15, 0.2) is 0 Å². The maximum Gasteiger partial charge on any atom is 0.346 e. The number of hydrogen-bond acceptors (Lipinski definition) is 11. The van der Waals surface area contributed by atoms with Crippen LogP contribution in [0.4, 0.5) is 0 Å². The summed E-state index contributed by atoms with van der Waals surface area (Å²) in [5.41, 5.74) is -1.34. The molecule has 4 fully saturated rings. The van der Waals surface area contributed by atoms with E-state index in [0.29, 0.717) is 47.0 Å². The molecule has 0 aromatic carbocycles. The van der Waals surface area contributed by atoms with Crippen LogP contribution >= 0.6 is 23.5 Å². The third-order valence-electron chi connectivity index (χ3n) is 8.47. The quantitative estimate of drug-likeness (QED) is 0.293. The zero-order valence-corrected chi connectivity index (χ0v) is 27.2. The van der Waals surface area contributed by atoms with E-state index in [0.717, 1.165) is 25.7 Å². The molecule has 10 atom stereocenters. The first-order chi connectivity index (χ1) is 19.3. The molecule has 0 aromatic heterocycles. The van der Waals surface area contributed by atoms with E-state index in [1.165, 1.54) is 43.3 Å². The summed E-state index contributed by atoms with van der Waals surface area (Å²) in [6, 6.07) is 0. The molecule has 2 heterocycles. The van der Waals surface area contributed by atoms with E-state index in [-0.39, 0.29) is 24.1 Å². The molecular weight excluding hydrogens is 568 g/mol. The average Bonchev–Trinajstić information content (AvgIpc) is 3.53. The Balaban J connectivity index is 0.000000228. The Morgan fingerprint density at radius 3 is 1.61 bits per heavy atom. The molecule has 0 amide bonds. The summed E-state index contributed by atoms with van der Waals surface area (Å²) >= 11 is 2.64. The van der Waals surface area contributed by atoms with Gasteiger partial charge in [0.05, 0.1) is 5.75 Å². The van der Waals surface area contributed by atoms with Crippen molar-refractivity contribution in [2.45, 2.75) is 123 Å². The molecule has 11 heteroatoms. The average molecular weight is 619 g/mol. The number of ether oxygens (including phenoxy) is 5. The van der Waals surface area contributed by atoms with Crippen molar-refractivity contribution in [3.8, 4) is 0 Å². The lowest BCUT2D eigenvalue weighted by Crippen LogP contribution is -2.38. The Hall–Kier alpha value is -1.01. The summed E-state index contributed by atoms with van der Waals surface area (Å²) in [4.78, 5) is 35.3. The van der Waals surface area contributed by atoms with Crippen molar-refractivity contribution in [1.29, 1.82) is 0 Å². The van der Waals surface area contributed by atoms with Crippen molar-refractivity contribution in [1.82, 2.24) is 0 Å². The summed E-state index contributed by atoms with van der Waals surface area (Å²) in [5.74, 6) is 2.89. The SMILES string of the molecule is CC(=O)O[C@H]1CS[C@@H](C(=O)O[C@@H]2C[C@H](C)CC[C@H]2C(C)C)O1.CC(C)[C@@H]1CC[C@@H](C)C[C@H]1OC(=O)[C@H]1O[C@@H](O)CS1. The molecule has 41 heavy (non-hydrogen) atoms. The molecule has 0 aromatic rings. The summed E-state index contributed by atoms with van der Waals surface area (Å²) < 4.78 is 27.0. The smallest absolute Gasteiger partial charge is 0.346 e. The molecule has 236 valence electrons. The number of hydrogen-bond donors (Lipinski definition) is 1. The van der Waals surface area contributed by atoms with Gasteiger partial charge in [0, 0.05) is 12.7 Å². The van der Waals surface area contributed by atoms with Gasteiger partial charge in [-0.3, -0.25) is 4.79 Å². The van der Waals surface area contributed by atoms with Crippen LogP contribution in [-0.2, 0) is 38.1 Å². The lowest BCUT2D eigenvalue weighted by atomic mass is 9.75. The summed E-state index contributed by atoms with van der Waals surface area (Å²) in [7, 11) is 0. The van der Waals surface area contributed by atoms with E-state index in [1.807, 2.05) is 0 Å². The fourth-order valence-electron chi connectivity index (χ4n) is 6.18. The normalized spacial score (nSPS) is 37.3. The van der Waals surface area contributed by atoms with Crippen LogP contribution in [0.1, 0.15) is 87.0 Å². The Kier molecular flexibility index (Phi) is 13.6. The molecule has 2 aliphatic heterocycles. The largest absolute Gasteiger partial charge is 0.459 e. The van der Waals surface area contributed by atoms with Gasteiger partial charge in [-0.1, -0.05) is 54.4 Å². The zero-order chi connectivity index (χ0) is 30.3. The highest BCUT2D eigenvalue weighted by Gasteiger charge is 2.40. The van der Waals surface area contributed by atoms with E-state index in [9.17, 15) is 19.5 Å². The molecule has 2 saturated heterocycles. The number of carbonyl (C=O) groups excluding carboxylic acids is 3. The van der Waals surface area contributed by atoms with E-state index < -0.39 is 29.4 Å². The number of rotatable bonds is 7. The first kappa shape index (κ1) is 34.5. The van der Waals surface area contributed by atoms with Crippen LogP contribution in [-0.4, -0.2) is 70.2 Å². The van der Waals surface area contributed by atoms with Crippen LogP contribution in [0, 0.1) is 35.5 Å². The second kappa shape index (κ2) is 16.2. The second-order valence-electron chi connectivity index (χ2n) is 12.7. The van der Waals surface area contributed by atoms with Crippen molar-refractivity contribution >= 4 is 41.4 Å². The fourth-order valence-corrected chi connectivity index (χ4v) is 7.87. The molecule has 0 spiro atoms. The van der Waals surface area contributed by atoms with E-state index in [1.54, 1.807) is 0 Å². The van der Waals surface area contributed by atoms with Crippen molar-refractivity contribution in [2.24, 2.45) is 35.5 Å². The topological polar surface area (TPSA) is 118 Å². The minimum Gasteiger partial charge on any atom is -0.459 e. The van der Waals surface area contributed by atoms with E-state index in [4.69, 9.17) is 23.7 Å². The van der Waals surface area contributed by atoms with Gasteiger partial charge in [0.25, 0.3) is 0 Å². The van der Waals surface area contributed by atoms with Crippen molar-refractivity contribution in [2.75, 3.05) is 11.5 Å². The predicted octanol–water partition coefficient (Wildman–Crippen LogP) is 5.37. The number of aliphatic hydroxyl groups is 1. The zero-order valence-electron chi connectivity index (χ0n) is 25.6. The molecule has 4 rings (SSSR count). The summed E-state index contributed by atoms with van der Waals surface area (Å²) in [5, 5.41) is 9.29. The maximum absolute atomic E-state index is 12.3. The Morgan fingerprint density at radius 1 is 0.732 bits per heavy atom. The monoisotopic (exact) mass is 618 g/mol. The van der Waals surface area contributed by atoms with E-state index in [2.05, 4.69) is 41.5 Å². The molecule has 0 bridgehead atoms. The van der Waals surface area contributed by atoms with Crippen molar-refractivity contribution in [3.05, 3.63) is 0 Å². The summed E-state index contributed by atoms with van der Waals surface area (Å²) in [6.45, 7) is 14.5. The van der Waals surface area contributed by atoms with Crippen LogP contribution in [0.3, 0.4) is 0 Å². The van der Waals surface area contributed by atoms with Crippen LogP contribution in [0.5, 0.6) is 0 Å². The van der Waals surface area contributed by atoms with Gasteiger partial charge in [-0.2, -0.15) is 0 Å². The molecule has 1 N–H and O–H groups in total. The number of esters is 3. The lowest BCUT2D eigenvalue weighted by Gasteiger charge is -2.37. The fraction of sp³-hybridized carbons (Fsp3) is 0.900. The number of aliphatic hydroxyl groups excluding tert-OH is 1. The molecule has 0 radical (unpaired) electrons. The minimum absolute atomic E-state index is 0.00167.